The van der Waals surface area contributed by atoms with Crippen LogP contribution in [-0.4, -0.2) is 28.0 Å². The Morgan fingerprint density at radius 2 is 1.50 bits per heavy atom. The van der Waals surface area contributed by atoms with Crippen LogP contribution in [0.15, 0.2) is 108 Å². The number of nitrogens with zero attached hydrogens (tertiary/aromatic N) is 1. The van der Waals surface area contributed by atoms with Crippen LogP contribution in [0.4, 0.5) is 16.2 Å². The van der Waals surface area contributed by atoms with Gasteiger partial charge in [-0.3, -0.25) is 14.6 Å². The molecule has 0 aliphatic heterocycles. The fraction of sp³-hybridized carbons (Fsp3) is 0.103. The van der Waals surface area contributed by atoms with Crippen LogP contribution in [0.1, 0.15) is 33.2 Å². The van der Waals surface area contributed by atoms with Gasteiger partial charge >= 0.3 is 12.0 Å². The maximum absolute atomic E-state index is 12.7. The van der Waals surface area contributed by atoms with Crippen molar-refractivity contribution in [2.45, 2.75) is 23.1 Å². The van der Waals surface area contributed by atoms with Crippen LogP contribution >= 0.6 is 11.8 Å². The summed E-state index contributed by atoms with van der Waals surface area (Å²) in [7, 11) is 0. The Balaban J connectivity index is 1.30. The van der Waals surface area contributed by atoms with Gasteiger partial charge in [0.15, 0.2) is 0 Å². The number of nitrogens with one attached hydrogen (secondary N) is 3. The zero-order chi connectivity index (χ0) is 26.7. The van der Waals surface area contributed by atoms with Crippen LogP contribution in [0.2, 0.25) is 0 Å². The molecule has 192 valence electrons. The molecular formula is C29H26N4O4S. The van der Waals surface area contributed by atoms with E-state index in [-0.39, 0.29) is 23.6 Å². The summed E-state index contributed by atoms with van der Waals surface area (Å²) >= 11 is 1.43. The van der Waals surface area contributed by atoms with Crippen molar-refractivity contribution in [3.05, 3.63) is 120 Å². The van der Waals surface area contributed by atoms with E-state index >= 15 is 0 Å². The van der Waals surface area contributed by atoms with Crippen molar-refractivity contribution in [3.63, 3.8) is 0 Å². The van der Waals surface area contributed by atoms with E-state index in [0.29, 0.717) is 23.5 Å². The van der Waals surface area contributed by atoms with Gasteiger partial charge in [0, 0.05) is 46.0 Å². The van der Waals surface area contributed by atoms with E-state index in [2.05, 4.69) is 20.9 Å². The maximum Gasteiger partial charge on any atom is 0.319 e. The molecule has 3 amide bonds. The van der Waals surface area contributed by atoms with Crippen LogP contribution in [-0.2, 0) is 11.3 Å². The third-order valence-electron chi connectivity index (χ3n) is 5.51. The molecule has 4 aromatic rings. The lowest BCUT2D eigenvalue weighted by Gasteiger charge is -2.15. The molecule has 0 saturated carbocycles. The number of hydrogen-bond acceptors (Lipinski definition) is 5. The molecule has 0 fully saturated rings. The molecule has 0 saturated heterocycles. The van der Waals surface area contributed by atoms with Gasteiger partial charge in [-0.1, -0.05) is 36.4 Å². The fourth-order valence-electron chi connectivity index (χ4n) is 3.60. The van der Waals surface area contributed by atoms with E-state index in [1.165, 1.54) is 11.8 Å². The summed E-state index contributed by atoms with van der Waals surface area (Å²) < 4.78 is 0. The lowest BCUT2D eigenvalue weighted by molar-refractivity contribution is -0.137. The standard InChI is InChI=1S/C29H26N4O4S/c34-27(35)17-26(22-7-4-16-30-19-22)38-25-14-12-23(13-15-25)32-28(36)21-8-10-24(11-9-21)33-29(37)31-18-20-5-2-1-3-6-20/h1-16,19,26H,17-18H2,(H,32,36)(H,34,35)(H2,31,33,37). The predicted octanol–water partition coefficient (Wildman–Crippen LogP) is 5.96. The molecule has 38 heavy (non-hydrogen) atoms. The van der Waals surface area contributed by atoms with Crippen molar-refractivity contribution in [2.24, 2.45) is 0 Å². The Labute approximate surface area is 224 Å². The second kappa shape index (κ2) is 13.1. The minimum Gasteiger partial charge on any atom is -0.481 e. The minimum atomic E-state index is -0.885. The monoisotopic (exact) mass is 526 g/mol. The number of aliphatic carboxylic acids is 1. The number of thioether (sulfide) groups is 1. The zero-order valence-electron chi connectivity index (χ0n) is 20.3. The molecule has 0 aliphatic carbocycles. The smallest absolute Gasteiger partial charge is 0.319 e. The van der Waals surface area contributed by atoms with Gasteiger partial charge in [0.25, 0.3) is 5.91 Å². The van der Waals surface area contributed by atoms with Crippen molar-refractivity contribution < 1.29 is 19.5 Å². The average molecular weight is 527 g/mol. The number of carboxylic acid groups (broad SMARTS) is 1. The zero-order valence-corrected chi connectivity index (χ0v) is 21.2. The Morgan fingerprint density at radius 3 is 2.16 bits per heavy atom. The Morgan fingerprint density at radius 1 is 0.816 bits per heavy atom. The lowest BCUT2D eigenvalue weighted by atomic mass is 10.1. The van der Waals surface area contributed by atoms with Gasteiger partial charge < -0.3 is 21.1 Å². The average Bonchev–Trinajstić information content (AvgIpc) is 2.94. The molecule has 1 unspecified atom stereocenters. The topological polar surface area (TPSA) is 120 Å². The first-order chi connectivity index (χ1) is 18.5. The molecule has 9 heteroatoms. The number of carbonyl (C=O) groups excluding carboxylic acids is 2. The quantitative estimate of drug-likeness (QED) is 0.189. The molecule has 3 aromatic carbocycles. The molecule has 8 nitrogen and oxygen atoms in total. The summed E-state index contributed by atoms with van der Waals surface area (Å²) in [5, 5.41) is 17.4. The number of hydrogen-bond donors (Lipinski definition) is 4. The van der Waals surface area contributed by atoms with Crippen LogP contribution in [0.5, 0.6) is 0 Å². The summed E-state index contributed by atoms with van der Waals surface area (Å²) in [6, 6.07) is 26.7. The van der Waals surface area contributed by atoms with E-state index in [0.717, 1.165) is 16.0 Å². The van der Waals surface area contributed by atoms with Crippen LogP contribution in [0.3, 0.4) is 0 Å². The van der Waals surface area contributed by atoms with Gasteiger partial charge in [0.2, 0.25) is 0 Å². The third-order valence-corrected chi connectivity index (χ3v) is 6.78. The third kappa shape index (κ3) is 7.94. The fourth-order valence-corrected chi connectivity index (χ4v) is 4.72. The van der Waals surface area contributed by atoms with Crippen molar-refractivity contribution in [1.82, 2.24) is 10.3 Å². The molecular weight excluding hydrogens is 500 g/mol. The Bertz CT molecular complexity index is 1370. The van der Waals surface area contributed by atoms with Gasteiger partial charge in [-0.25, -0.2) is 4.79 Å². The molecule has 4 N–H and O–H groups in total. The van der Waals surface area contributed by atoms with Crippen LogP contribution in [0.25, 0.3) is 0 Å². The second-order valence-corrected chi connectivity index (χ2v) is 9.62. The molecule has 0 radical (unpaired) electrons. The number of rotatable bonds is 10. The second-order valence-electron chi connectivity index (χ2n) is 8.34. The van der Waals surface area contributed by atoms with Crippen LogP contribution in [0, 0.1) is 0 Å². The molecule has 1 aromatic heterocycles. The van der Waals surface area contributed by atoms with Crippen molar-refractivity contribution in [2.75, 3.05) is 10.6 Å². The van der Waals surface area contributed by atoms with Crippen molar-refractivity contribution >= 4 is 41.0 Å². The summed E-state index contributed by atoms with van der Waals surface area (Å²) in [6.07, 6.45) is 3.29. The van der Waals surface area contributed by atoms with E-state index in [9.17, 15) is 19.5 Å². The highest BCUT2D eigenvalue weighted by Gasteiger charge is 2.17. The summed E-state index contributed by atoms with van der Waals surface area (Å²) in [4.78, 5) is 41.1. The summed E-state index contributed by atoms with van der Waals surface area (Å²) in [5.74, 6) is -1.17. The lowest BCUT2D eigenvalue weighted by Crippen LogP contribution is -2.28. The maximum atomic E-state index is 12.7. The molecule has 4 rings (SSSR count). The number of pyridine rings is 1. The number of carbonyl (C=O) groups is 3. The molecule has 1 heterocycles. The number of carboxylic acids is 1. The number of amides is 3. The highest BCUT2D eigenvalue weighted by Crippen LogP contribution is 2.37. The number of benzene rings is 3. The predicted molar refractivity (Wildman–Crippen MR) is 148 cm³/mol. The number of urea groups is 1. The largest absolute Gasteiger partial charge is 0.481 e. The van der Waals surface area contributed by atoms with Gasteiger partial charge in [-0.15, -0.1) is 11.8 Å². The highest BCUT2D eigenvalue weighted by molar-refractivity contribution is 7.99. The Hall–Kier alpha value is -4.63. The first kappa shape index (κ1) is 26.4. The SMILES string of the molecule is O=C(O)CC(Sc1ccc(NC(=O)c2ccc(NC(=O)NCc3ccccc3)cc2)cc1)c1cccnc1. The number of anilines is 2. The summed E-state index contributed by atoms with van der Waals surface area (Å²) in [6.45, 7) is 0.411. The number of aromatic nitrogens is 1. The Kier molecular flexibility index (Phi) is 9.09. The van der Waals surface area contributed by atoms with Crippen molar-refractivity contribution in [3.8, 4) is 0 Å². The first-order valence-electron chi connectivity index (χ1n) is 11.8. The molecule has 0 aliphatic rings. The molecule has 0 spiro atoms. The molecule has 0 bridgehead atoms. The van der Waals surface area contributed by atoms with Gasteiger partial charge in [-0.2, -0.15) is 0 Å². The summed E-state index contributed by atoms with van der Waals surface area (Å²) in [5.41, 5.74) is 3.45. The van der Waals surface area contributed by atoms with E-state index in [4.69, 9.17) is 0 Å². The van der Waals surface area contributed by atoms with E-state index < -0.39 is 5.97 Å². The molecule has 1 atom stereocenters. The van der Waals surface area contributed by atoms with Gasteiger partial charge in [0.1, 0.15) is 0 Å². The first-order valence-corrected chi connectivity index (χ1v) is 12.7. The van der Waals surface area contributed by atoms with Crippen LogP contribution < -0.4 is 16.0 Å². The normalized spacial score (nSPS) is 11.3. The van der Waals surface area contributed by atoms with Gasteiger partial charge in [-0.05, 0) is 65.7 Å². The van der Waals surface area contributed by atoms with Gasteiger partial charge in [0.05, 0.1) is 6.42 Å². The van der Waals surface area contributed by atoms with E-state index in [1.807, 2.05) is 48.5 Å². The van der Waals surface area contributed by atoms with Crippen molar-refractivity contribution in [1.29, 1.82) is 0 Å². The van der Waals surface area contributed by atoms with E-state index in [1.54, 1.807) is 54.9 Å². The minimum absolute atomic E-state index is 0.0333. The highest BCUT2D eigenvalue weighted by atomic mass is 32.2.